The van der Waals surface area contributed by atoms with E-state index in [4.69, 9.17) is 5.11 Å². The molecule has 0 aromatic carbocycles. The fourth-order valence-electron chi connectivity index (χ4n) is 2.14. The van der Waals surface area contributed by atoms with Crippen LogP contribution in [-0.2, 0) is 12.8 Å². The van der Waals surface area contributed by atoms with Gasteiger partial charge in [-0.3, -0.25) is 0 Å². The lowest BCUT2D eigenvalue weighted by atomic mass is 9.96. The number of nitrogens with one attached hydrogen (secondary N) is 1. The van der Waals surface area contributed by atoms with Crippen LogP contribution >= 0.6 is 0 Å². The number of fused-ring (bicyclic) bond motifs is 1. The van der Waals surface area contributed by atoms with Crippen molar-refractivity contribution >= 4 is 5.82 Å². The zero-order valence-corrected chi connectivity index (χ0v) is 9.74. The van der Waals surface area contributed by atoms with Gasteiger partial charge in [0.2, 0.25) is 0 Å². The molecule has 1 aromatic heterocycles. The largest absolute Gasteiger partial charge is 0.396 e. The van der Waals surface area contributed by atoms with Gasteiger partial charge in [-0.15, -0.1) is 0 Å². The fraction of sp³-hybridized carbons (Fsp3) is 0.667. The van der Waals surface area contributed by atoms with E-state index in [1.165, 1.54) is 24.1 Å². The monoisotopic (exact) mass is 221 g/mol. The standard InChI is InChI=1S/C12H19N3O/c1-9(6-7-16)15-12-10-4-2-3-5-11(10)13-8-14-12/h8-9,16H,2-7H2,1H3,(H,13,14,15). The lowest BCUT2D eigenvalue weighted by Crippen LogP contribution is -2.20. The van der Waals surface area contributed by atoms with Gasteiger partial charge in [-0.05, 0) is 39.0 Å². The Hall–Kier alpha value is -1.16. The van der Waals surface area contributed by atoms with E-state index < -0.39 is 0 Å². The molecule has 0 spiro atoms. The molecule has 4 nitrogen and oxygen atoms in total. The molecule has 1 aliphatic rings. The molecule has 1 atom stereocenters. The van der Waals surface area contributed by atoms with E-state index in [-0.39, 0.29) is 12.6 Å². The highest BCUT2D eigenvalue weighted by atomic mass is 16.3. The van der Waals surface area contributed by atoms with Crippen molar-refractivity contribution in [2.45, 2.75) is 45.1 Å². The van der Waals surface area contributed by atoms with Crippen molar-refractivity contribution in [3.05, 3.63) is 17.6 Å². The number of aromatic nitrogens is 2. The molecule has 0 saturated heterocycles. The molecule has 0 bridgehead atoms. The molecular formula is C12H19N3O. The zero-order valence-electron chi connectivity index (χ0n) is 9.74. The second-order valence-electron chi connectivity index (χ2n) is 4.41. The van der Waals surface area contributed by atoms with E-state index in [1.54, 1.807) is 6.33 Å². The van der Waals surface area contributed by atoms with E-state index >= 15 is 0 Å². The SMILES string of the molecule is CC(CCO)Nc1ncnc2c1CCCC2. The molecular weight excluding hydrogens is 202 g/mol. The Bertz CT molecular complexity index is 354. The number of rotatable bonds is 4. The first-order valence-electron chi connectivity index (χ1n) is 6.01. The number of aliphatic hydroxyl groups is 1. The molecule has 0 fully saturated rings. The van der Waals surface area contributed by atoms with Crippen LogP contribution in [0.3, 0.4) is 0 Å². The van der Waals surface area contributed by atoms with Crippen LogP contribution < -0.4 is 5.32 Å². The number of nitrogens with zero attached hydrogens (tertiary/aromatic N) is 2. The number of hydrogen-bond donors (Lipinski definition) is 2. The fourth-order valence-corrected chi connectivity index (χ4v) is 2.14. The van der Waals surface area contributed by atoms with Crippen molar-refractivity contribution in [2.24, 2.45) is 0 Å². The molecule has 1 heterocycles. The Morgan fingerprint density at radius 2 is 2.19 bits per heavy atom. The first kappa shape index (κ1) is 11.3. The minimum absolute atomic E-state index is 0.210. The molecule has 0 aliphatic heterocycles. The lowest BCUT2D eigenvalue weighted by molar-refractivity contribution is 0.282. The van der Waals surface area contributed by atoms with Crippen LogP contribution in [0.4, 0.5) is 5.82 Å². The highest BCUT2D eigenvalue weighted by Gasteiger charge is 2.16. The third-order valence-electron chi connectivity index (χ3n) is 3.07. The molecule has 1 unspecified atom stereocenters. The Morgan fingerprint density at radius 3 is 3.00 bits per heavy atom. The quantitative estimate of drug-likeness (QED) is 0.809. The van der Waals surface area contributed by atoms with Crippen LogP contribution in [0.25, 0.3) is 0 Å². The lowest BCUT2D eigenvalue weighted by Gasteiger charge is -2.20. The van der Waals surface area contributed by atoms with Crippen molar-refractivity contribution in [3.8, 4) is 0 Å². The summed E-state index contributed by atoms with van der Waals surface area (Å²) in [6, 6.07) is 0.255. The number of hydrogen-bond acceptors (Lipinski definition) is 4. The summed E-state index contributed by atoms with van der Waals surface area (Å²) in [7, 11) is 0. The third-order valence-corrected chi connectivity index (χ3v) is 3.07. The van der Waals surface area contributed by atoms with E-state index in [0.29, 0.717) is 0 Å². The second kappa shape index (κ2) is 5.25. The van der Waals surface area contributed by atoms with Gasteiger partial charge in [0.25, 0.3) is 0 Å². The molecule has 1 aromatic rings. The maximum atomic E-state index is 8.88. The summed E-state index contributed by atoms with van der Waals surface area (Å²) in [5, 5.41) is 12.2. The Labute approximate surface area is 96.1 Å². The minimum atomic E-state index is 0.210. The first-order valence-corrected chi connectivity index (χ1v) is 6.01. The Morgan fingerprint density at radius 1 is 1.38 bits per heavy atom. The van der Waals surface area contributed by atoms with Crippen LogP contribution in [0.15, 0.2) is 6.33 Å². The van der Waals surface area contributed by atoms with Gasteiger partial charge in [-0.1, -0.05) is 0 Å². The van der Waals surface area contributed by atoms with Gasteiger partial charge in [0.05, 0.1) is 0 Å². The van der Waals surface area contributed by atoms with Crippen LogP contribution in [0, 0.1) is 0 Å². The van der Waals surface area contributed by atoms with E-state index in [9.17, 15) is 0 Å². The van der Waals surface area contributed by atoms with Gasteiger partial charge in [-0.25, -0.2) is 9.97 Å². The molecule has 1 aliphatic carbocycles. The van der Waals surface area contributed by atoms with Crippen LogP contribution in [-0.4, -0.2) is 27.7 Å². The van der Waals surface area contributed by atoms with E-state index in [0.717, 1.165) is 25.1 Å². The Kier molecular flexibility index (Phi) is 3.72. The first-order chi connectivity index (χ1) is 7.81. The number of aryl methyl sites for hydroxylation is 1. The predicted molar refractivity (Wildman–Crippen MR) is 63.5 cm³/mol. The van der Waals surface area contributed by atoms with Crippen molar-refractivity contribution < 1.29 is 5.11 Å². The second-order valence-corrected chi connectivity index (χ2v) is 4.41. The molecule has 2 N–H and O–H groups in total. The van der Waals surface area contributed by atoms with Crippen molar-refractivity contribution in [3.63, 3.8) is 0 Å². The summed E-state index contributed by atoms with van der Waals surface area (Å²) >= 11 is 0. The summed E-state index contributed by atoms with van der Waals surface area (Å²) in [5.74, 6) is 0.964. The van der Waals surface area contributed by atoms with Crippen molar-refractivity contribution in [2.75, 3.05) is 11.9 Å². The predicted octanol–water partition coefficient (Wildman–Crippen LogP) is 1.54. The molecule has 0 amide bonds. The van der Waals surface area contributed by atoms with Gasteiger partial charge >= 0.3 is 0 Å². The van der Waals surface area contributed by atoms with Gasteiger partial charge in [-0.2, -0.15) is 0 Å². The molecule has 88 valence electrons. The molecule has 2 rings (SSSR count). The number of anilines is 1. The van der Waals surface area contributed by atoms with E-state index in [1.807, 2.05) is 0 Å². The smallest absolute Gasteiger partial charge is 0.133 e. The molecule has 0 radical (unpaired) electrons. The minimum Gasteiger partial charge on any atom is -0.396 e. The maximum Gasteiger partial charge on any atom is 0.133 e. The summed E-state index contributed by atoms with van der Waals surface area (Å²) in [6.07, 6.45) is 6.99. The summed E-state index contributed by atoms with van der Waals surface area (Å²) in [6.45, 7) is 2.27. The highest BCUT2D eigenvalue weighted by molar-refractivity contribution is 5.47. The summed E-state index contributed by atoms with van der Waals surface area (Å²) in [4.78, 5) is 8.64. The van der Waals surface area contributed by atoms with Crippen molar-refractivity contribution in [1.82, 2.24) is 9.97 Å². The van der Waals surface area contributed by atoms with Gasteiger partial charge in [0.1, 0.15) is 12.1 Å². The third kappa shape index (κ3) is 2.50. The van der Waals surface area contributed by atoms with Gasteiger partial charge in [0.15, 0.2) is 0 Å². The average Bonchev–Trinajstić information content (AvgIpc) is 2.30. The summed E-state index contributed by atoms with van der Waals surface area (Å²) in [5.41, 5.74) is 2.47. The normalized spacial score (nSPS) is 16.6. The molecule has 16 heavy (non-hydrogen) atoms. The average molecular weight is 221 g/mol. The molecule has 0 saturated carbocycles. The molecule has 4 heteroatoms. The summed E-state index contributed by atoms with van der Waals surface area (Å²) < 4.78 is 0. The van der Waals surface area contributed by atoms with Crippen LogP contribution in [0.5, 0.6) is 0 Å². The van der Waals surface area contributed by atoms with Crippen LogP contribution in [0.2, 0.25) is 0 Å². The van der Waals surface area contributed by atoms with E-state index in [2.05, 4.69) is 22.2 Å². The van der Waals surface area contributed by atoms with Crippen molar-refractivity contribution in [1.29, 1.82) is 0 Å². The maximum absolute atomic E-state index is 8.88. The Balaban J connectivity index is 2.14. The zero-order chi connectivity index (χ0) is 11.4. The topological polar surface area (TPSA) is 58.0 Å². The van der Waals surface area contributed by atoms with Crippen LogP contribution in [0.1, 0.15) is 37.4 Å². The van der Waals surface area contributed by atoms with Gasteiger partial charge in [0, 0.05) is 23.9 Å². The highest BCUT2D eigenvalue weighted by Crippen LogP contribution is 2.24. The number of aliphatic hydroxyl groups excluding tert-OH is 1. The van der Waals surface area contributed by atoms with Gasteiger partial charge < -0.3 is 10.4 Å².